The zero-order valence-electron chi connectivity index (χ0n) is 9.79. The van der Waals surface area contributed by atoms with Crippen molar-refractivity contribution in [2.45, 2.75) is 46.1 Å². The molecule has 1 heterocycles. The molecule has 0 saturated heterocycles. The molecule has 1 N–H and O–H groups in total. The van der Waals surface area contributed by atoms with E-state index >= 15 is 0 Å². The van der Waals surface area contributed by atoms with Crippen LogP contribution in [-0.2, 0) is 6.54 Å². The van der Waals surface area contributed by atoms with E-state index in [1.54, 1.807) is 0 Å². The Balaban J connectivity index is 1.92. The van der Waals surface area contributed by atoms with E-state index in [0.29, 0.717) is 0 Å². The van der Waals surface area contributed by atoms with Crippen molar-refractivity contribution < 1.29 is 0 Å². The molecule has 0 amide bonds. The van der Waals surface area contributed by atoms with Gasteiger partial charge in [-0.15, -0.1) is 0 Å². The highest BCUT2D eigenvalue weighted by Crippen LogP contribution is 2.26. The molecule has 1 aliphatic carbocycles. The Kier molecular flexibility index (Phi) is 3.29. The van der Waals surface area contributed by atoms with Crippen molar-refractivity contribution in [3.8, 4) is 0 Å². The third-order valence-electron chi connectivity index (χ3n) is 3.14. The first-order chi connectivity index (χ1) is 7.29. The number of hydrogen-bond acceptors (Lipinski definition) is 2. The predicted octanol–water partition coefficient (Wildman–Crippen LogP) is 2.81. The van der Waals surface area contributed by atoms with Gasteiger partial charge in [0.25, 0.3) is 0 Å². The van der Waals surface area contributed by atoms with E-state index in [1.165, 1.54) is 19.3 Å². The van der Waals surface area contributed by atoms with Crippen LogP contribution in [0.4, 0.5) is 5.95 Å². The number of aromatic nitrogens is 2. The number of nitrogens with one attached hydrogen (secondary N) is 1. The Morgan fingerprint density at radius 2 is 2.33 bits per heavy atom. The van der Waals surface area contributed by atoms with E-state index in [0.717, 1.165) is 37.1 Å². The monoisotopic (exact) mass is 207 g/mol. The van der Waals surface area contributed by atoms with Crippen LogP contribution in [0.2, 0.25) is 0 Å². The molecular weight excluding hydrogens is 186 g/mol. The summed E-state index contributed by atoms with van der Waals surface area (Å²) in [5, 5.41) is 3.47. The van der Waals surface area contributed by atoms with Crippen molar-refractivity contribution in [2.24, 2.45) is 5.92 Å². The molecular formula is C12H21N3. The number of aryl methyl sites for hydroxylation is 2. The highest BCUT2D eigenvalue weighted by atomic mass is 15.2. The van der Waals surface area contributed by atoms with Crippen molar-refractivity contribution in [1.82, 2.24) is 9.55 Å². The molecule has 0 unspecified atom stereocenters. The van der Waals surface area contributed by atoms with Gasteiger partial charge in [0.1, 0.15) is 0 Å². The molecule has 3 heteroatoms. The number of nitrogens with zero attached hydrogens (tertiary/aromatic N) is 2. The molecule has 15 heavy (non-hydrogen) atoms. The van der Waals surface area contributed by atoms with Crippen LogP contribution in [0, 0.1) is 12.8 Å². The summed E-state index contributed by atoms with van der Waals surface area (Å²) in [5.74, 6) is 1.94. The molecule has 2 rings (SSSR count). The van der Waals surface area contributed by atoms with Gasteiger partial charge in [-0.1, -0.05) is 13.3 Å². The van der Waals surface area contributed by atoms with E-state index in [2.05, 4.69) is 34.9 Å². The average Bonchev–Trinajstić information content (AvgIpc) is 2.45. The molecule has 3 nitrogen and oxygen atoms in total. The SMILES string of the molecule is CCCn1cc(C)nc1NCC1CCC1. The highest BCUT2D eigenvalue weighted by molar-refractivity contribution is 5.28. The summed E-state index contributed by atoms with van der Waals surface area (Å²) in [7, 11) is 0. The topological polar surface area (TPSA) is 29.9 Å². The van der Waals surface area contributed by atoms with Crippen molar-refractivity contribution in [3.05, 3.63) is 11.9 Å². The lowest BCUT2D eigenvalue weighted by atomic mass is 9.85. The fraction of sp³-hybridized carbons (Fsp3) is 0.750. The molecule has 0 bridgehead atoms. The first-order valence-electron chi connectivity index (χ1n) is 6.07. The van der Waals surface area contributed by atoms with Crippen molar-refractivity contribution in [1.29, 1.82) is 0 Å². The third kappa shape index (κ3) is 2.52. The van der Waals surface area contributed by atoms with E-state index in [4.69, 9.17) is 0 Å². The molecule has 1 fully saturated rings. The quantitative estimate of drug-likeness (QED) is 0.804. The second-order valence-electron chi connectivity index (χ2n) is 4.58. The fourth-order valence-electron chi connectivity index (χ4n) is 2.03. The minimum atomic E-state index is 0.886. The molecule has 1 aromatic heterocycles. The van der Waals surface area contributed by atoms with Crippen molar-refractivity contribution >= 4 is 5.95 Å². The van der Waals surface area contributed by atoms with Crippen LogP contribution in [0.1, 0.15) is 38.3 Å². The molecule has 0 spiro atoms. The van der Waals surface area contributed by atoms with E-state index in [1.807, 2.05) is 0 Å². The Morgan fingerprint density at radius 3 is 2.93 bits per heavy atom. The lowest BCUT2D eigenvalue weighted by molar-refractivity contribution is 0.332. The van der Waals surface area contributed by atoms with E-state index in [-0.39, 0.29) is 0 Å². The first kappa shape index (κ1) is 10.5. The zero-order valence-corrected chi connectivity index (χ0v) is 9.79. The van der Waals surface area contributed by atoms with Gasteiger partial charge in [0.05, 0.1) is 5.69 Å². The summed E-state index contributed by atoms with van der Waals surface area (Å²) >= 11 is 0. The third-order valence-corrected chi connectivity index (χ3v) is 3.14. The van der Waals surface area contributed by atoms with Gasteiger partial charge in [-0.2, -0.15) is 0 Å². The summed E-state index contributed by atoms with van der Waals surface area (Å²) in [6.07, 6.45) is 7.48. The number of hydrogen-bond donors (Lipinski definition) is 1. The van der Waals surface area contributed by atoms with Gasteiger partial charge in [-0.25, -0.2) is 4.98 Å². The molecule has 0 aliphatic heterocycles. The molecule has 1 aromatic rings. The Labute approximate surface area is 91.9 Å². The Bertz CT molecular complexity index is 313. The number of anilines is 1. The smallest absolute Gasteiger partial charge is 0.203 e. The van der Waals surface area contributed by atoms with Crippen LogP contribution in [0.25, 0.3) is 0 Å². The second kappa shape index (κ2) is 4.69. The van der Waals surface area contributed by atoms with Crippen LogP contribution in [0.3, 0.4) is 0 Å². The van der Waals surface area contributed by atoms with Crippen LogP contribution >= 0.6 is 0 Å². The maximum atomic E-state index is 4.51. The summed E-state index contributed by atoms with van der Waals surface area (Å²) in [4.78, 5) is 4.51. The summed E-state index contributed by atoms with van der Waals surface area (Å²) in [5.41, 5.74) is 1.11. The largest absolute Gasteiger partial charge is 0.355 e. The van der Waals surface area contributed by atoms with Crippen LogP contribution in [0.15, 0.2) is 6.20 Å². The first-order valence-corrected chi connectivity index (χ1v) is 6.07. The lowest BCUT2D eigenvalue weighted by Crippen LogP contribution is -2.22. The Hall–Kier alpha value is -0.990. The molecule has 0 atom stereocenters. The highest BCUT2D eigenvalue weighted by Gasteiger charge is 2.17. The molecule has 84 valence electrons. The van der Waals surface area contributed by atoms with Crippen LogP contribution in [-0.4, -0.2) is 16.1 Å². The minimum Gasteiger partial charge on any atom is -0.355 e. The van der Waals surface area contributed by atoms with Crippen molar-refractivity contribution in [2.75, 3.05) is 11.9 Å². The van der Waals surface area contributed by atoms with Gasteiger partial charge in [-0.05, 0) is 32.1 Å². The average molecular weight is 207 g/mol. The number of rotatable bonds is 5. The minimum absolute atomic E-state index is 0.886. The van der Waals surface area contributed by atoms with Gasteiger partial charge in [-0.3, -0.25) is 0 Å². The van der Waals surface area contributed by atoms with Gasteiger partial charge >= 0.3 is 0 Å². The van der Waals surface area contributed by atoms with Gasteiger partial charge in [0.15, 0.2) is 0 Å². The molecule has 1 saturated carbocycles. The molecule has 0 radical (unpaired) electrons. The van der Waals surface area contributed by atoms with E-state index in [9.17, 15) is 0 Å². The molecule has 0 aromatic carbocycles. The lowest BCUT2D eigenvalue weighted by Gasteiger charge is -2.25. The summed E-state index contributed by atoms with van der Waals surface area (Å²) < 4.78 is 2.23. The van der Waals surface area contributed by atoms with Crippen LogP contribution < -0.4 is 5.32 Å². The summed E-state index contributed by atoms with van der Waals surface area (Å²) in [6, 6.07) is 0. The fourth-order valence-corrected chi connectivity index (χ4v) is 2.03. The standard InChI is InChI=1S/C12H21N3/c1-3-7-15-9-10(2)14-12(15)13-8-11-5-4-6-11/h9,11H,3-8H2,1-2H3,(H,13,14). The zero-order chi connectivity index (χ0) is 10.7. The van der Waals surface area contributed by atoms with Gasteiger partial charge < -0.3 is 9.88 Å². The van der Waals surface area contributed by atoms with Crippen LogP contribution in [0.5, 0.6) is 0 Å². The predicted molar refractivity (Wildman–Crippen MR) is 63.1 cm³/mol. The maximum absolute atomic E-state index is 4.51. The molecule has 1 aliphatic rings. The maximum Gasteiger partial charge on any atom is 0.203 e. The Morgan fingerprint density at radius 1 is 1.53 bits per heavy atom. The van der Waals surface area contributed by atoms with Gasteiger partial charge in [0, 0.05) is 19.3 Å². The second-order valence-corrected chi connectivity index (χ2v) is 4.58. The number of imidazole rings is 1. The van der Waals surface area contributed by atoms with E-state index < -0.39 is 0 Å². The summed E-state index contributed by atoms with van der Waals surface area (Å²) in [6.45, 7) is 6.42. The van der Waals surface area contributed by atoms with Gasteiger partial charge in [0.2, 0.25) is 5.95 Å². The normalized spacial score (nSPS) is 16.4. The van der Waals surface area contributed by atoms with Crippen molar-refractivity contribution in [3.63, 3.8) is 0 Å².